The average Bonchev–Trinajstić information content (AvgIpc) is 3.24. The van der Waals surface area contributed by atoms with E-state index in [-0.39, 0.29) is 11.9 Å². The molecule has 166 valence electrons. The number of fused-ring (bicyclic) bond motifs is 1. The van der Waals surface area contributed by atoms with Crippen molar-refractivity contribution >= 4 is 17.6 Å². The molecule has 1 unspecified atom stereocenters. The number of methoxy groups -OCH3 is 2. The first-order chi connectivity index (χ1) is 15.1. The quantitative estimate of drug-likeness (QED) is 0.386. The summed E-state index contributed by atoms with van der Waals surface area (Å²) in [6, 6.07) is 13.8. The zero-order valence-corrected chi connectivity index (χ0v) is 18.8. The Morgan fingerprint density at radius 3 is 2.74 bits per heavy atom. The number of para-hydroxylation sites is 1. The molecule has 7 heteroatoms. The highest BCUT2D eigenvalue weighted by Gasteiger charge is 2.23. The lowest BCUT2D eigenvalue weighted by molar-refractivity contribution is -0.118. The largest absolute Gasteiger partial charge is 0.497 e. The average molecular weight is 425 g/mol. The SMILES string of the molecule is CN=C(NCCCC(=O)N1CCc2ccccc21)NC(C)c1cc(OC)ccc1OC. The fourth-order valence-electron chi connectivity index (χ4n) is 3.83. The van der Waals surface area contributed by atoms with Crippen LogP contribution < -0.4 is 25.0 Å². The molecule has 3 rings (SSSR count). The van der Waals surface area contributed by atoms with Gasteiger partial charge in [-0.25, -0.2) is 0 Å². The van der Waals surface area contributed by atoms with E-state index in [1.807, 2.05) is 48.2 Å². The molecule has 1 atom stereocenters. The van der Waals surface area contributed by atoms with E-state index in [0.29, 0.717) is 18.9 Å². The van der Waals surface area contributed by atoms with Crippen molar-refractivity contribution in [2.75, 3.05) is 39.3 Å². The van der Waals surface area contributed by atoms with Crippen LogP contribution in [-0.2, 0) is 11.2 Å². The van der Waals surface area contributed by atoms with Gasteiger partial charge >= 0.3 is 0 Å². The number of anilines is 1. The van der Waals surface area contributed by atoms with Crippen molar-refractivity contribution in [3.63, 3.8) is 0 Å². The molecule has 2 aromatic rings. The Kier molecular flexibility index (Phi) is 7.76. The van der Waals surface area contributed by atoms with E-state index in [1.54, 1.807) is 21.3 Å². The van der Waals surface area contributed by atoms with E-state index >= 15 is 0 Å². The lowest BCUT2D eigenvalue weighted by Gasteiger charge is -2.21. The molecule has 7 nitrogen and oxygen atoms in total. The third-order valence-corrected chi connectivity index (χ3v) is 5.53. The Balaban J connectivity index is 1.48. The molecule has 0 spiro atoms. The van der Waals surface area contributed by atoms with Gasteiger partial charge < -0.3 is 25.0 Å². The van der Waals surface area contributed by atoms with Gasteiger partial charge in [0.15, 0.2) is 5.96 Å². The van der Waals surface area contributed by atoms with Crippen LogP contribution in [0.3, 0.4) is 0 Å². The summed E-state index contributed by atoms with van der Waals surface area (Å²) in [6.45, 7) is 3.47. The molecule has 1 amide bonds. The van der Waals surface area contributed by atoms with Crippen LogP contribution in [-0.4, -0.2) is 46.2 Å². The summed E-state index contributed by atoms with van der Waals surface area (Å²) in [4.78, 5) is 18.8. The maximum atomic E-state index is 12.6. The molecule has 2 N–H and O–H groups in total. The van der Waals surface area contributed by atoms with Gasteiger partial charge in [-0.2, -0.15) is 0 Å². The van der Waals surface area contributed by atoms with Gasteiger partial charge in [0.2, 0.25) is 5.91 Å². The van der Waals surface area contributed by atoms with Crippen molar-refractivity contribution in [1.29, 1.82) is 0 Å². The molecule has 31 heavy (non-hydrogen) atoms. The summed E-state index contributed by atoms with van der Waals surface area (Å²) in [5, 5.41) is 6.67. The van der Waals surface area contributed by atoms with Crippen molar-refractivity contribution < 1.29 is 14.3 Å². The minimum absolute atomic E-state index is 0.0426. The lowest BCUT2D eigenvalue weighted by Crippen LogP contribution is -2.39. The van der Waals surface area contributed by atoms with Crippen LogP contribution >= 0.6 is 0 Å². The Labute approximate surface area is 184 Å². The topological polar surface area (TPSA) is 75.2 Å². The van der Waals surface area contributed by atoms with Crippen molar-refractivity contribution in [2.45, 2.75) is 32.2 Å². The number of amides is 1. The minimum atomic E-state index is -0.0426. The van der Waals surface area contributed by atoms with Crippen molar-refractivity contribution in [3.05, 3.63) is 53.6 Å². The molecule has 1 heterocycles. The number of carbonyl (C=O) groups is 1. The van der Waals surface area contributed by atoms with Crippen molar-refractivity contribution in [1.82, 2.24) is 10.6 Å². The minimum Gasteiger partial charge on any atom is -0.497 e. The van der Waals surface area contributed by atoms with E-state index in [2.05, 4.69) is 21.7 Å². The second-order valence-electron chi connectivity index (χ2n) is 7.50. The zero-order chi connectivity index (χ0) is 22.2. The number of rotatable bonds is 8. The third-order valence-electron chi connectivity index (χ3n) is 5.53. The molecule has 0 saturated carbocycles. The highest BCUT2D eigenvalue weighted by atomic mass is 16.5. The highest BCUT2D eigenvalue weighted by Crippen LogP contribution is 2.29. The first-order valence-electron chi connectivity index (χ1n) is 10.6. The number of carbonyl (C=O) groups excluding carboxylic acids is 1. The van der Waals surface area contributed by atoms with Crippen LogP contribution in [0.5, 0.6) is 11.5 Å². The lowest BCUT2D eigenvalue weighted by atomic mass is 10.1. The molecule has 0 bridgehead atoms. The molecule has 0 saturated heterocycles. The monoisotopic (exact) mass is 424 g/mol. The number of guanidine groups is 1. The van der Waals surface area contributed by atoms with E-state index in [9.17, 15) is 4.79 Å². The number of nitrogens with zero attached hydrogens (tertiary/aromatic N) is 2. The second-order valence-corrected chi connectivity index (χ2v) is 7.50. The Morgan fingerprint density at radius 1 is 1.19 bits per heavy atom. The maximum Gasteiger partial charge on any atom is 0.227 e. The number of benzene rings is 2. The molecule has 0 aliphatic carbocycles. The summed E-state index contributed by atoms with van der Waals surface area (Å²) in [5.41, 5.74) is 3.28. The van der Waals surface area contributed by atoms with Gasteiger partial charge in [-0.05, 0) is 49.6 Å². The van der Waals surface area contributed by atoms with Crippen LogP contribution in [0.4, 0.5) is 5.69 Å². The summed E-state index contributed by atoms with van der Waals surface area (Å²) in [6.07, 6.45) is 2.16. The fourth-order valence-corrected chi connectivity index (χ4v) is 3.83. The number of nitrogens with one attached hydrogen (secondary N) is 2. The molecule has 0 aromatic heterocycles. The predicted octanol–water partition coefficient (Wildman–Crippen LogP) is 3.30. The van der Waals surface area contributed by atoms with Crippen LogP contribution in [0.2, 0.25) is 0 Å². The van der Waals surface area contributed by atoms with E-state index < -0.39 is 0 Å². The number of hydrogen-bond donors (Lipinski definition) is 2. The number of ether oxygens (including phenoxy) is 2. The van der Waals surface area contributed by atoms with E-state index in [1.165, 1.54) is 5.56 Å². The number of hydrogen-bond acceptors (Lipinski definition) is 4. The van der Waals surface area contributed by atoms with Crippen molar-refractivity contribution in [3.8, 4) is 11.5 Å². The Bertz CT molecular complexity index is 929. The van der Waals surface area contributed by atoms with Gasteiger partial charge in [0.25, 0.3) is 0 Å². The Morgan fingerprint density at radius 2 is 2.00 bits per heavy atom. The van der Waals surface area contributed by atoms with Gasteiger partial charge in [-0.1, -0.05) is 18.2 Å². The van der Waals surface area contributed by atoms with E-state index in [0.717, 1.165) is 42.1 Å². The van der Waals surface area contributed by atoms with Gasteiger partial charge in [-0.15, -0.1) is 0 Å². The predicted molar refractivity (Wildman–Crippen MR) is 124 cm³/mol. The van der Waals surface area contributed by atoms with Crippen molar-refractivity contribution in [2.24, 2.45) is 4.99 Å². The fraction of sp³-hybridized carbons (Fsp3) is 0.417. The molecule has 1 aliphatic rings. The standard InChI is InChI=1S/C24H32N4O3/c1-17(20-16-19(30-3)11-12-22(20)31-4)27-24(25-2)26-14-7-10-23(29)28-15-13-18-8-5-6-9-21(18)28/h5-6,8-9,11-12,16-17H,7,10,13-15H2,1-4H3,(H2,25,26,27). The smallest absolute Gasteiger partial charge is 0.227 e. The van der Waals surface area contributed by atoms with Crippen LogP contribution in [0.15, 0.2) is 47.5 Å². The van der Waals surface area contributed by atoms with Crippen LogP contribution in [0, 0.1) is 0 Å². The maximum absolute atomic E-state index is 12.6. The first kappa shape index (κ1) is 22.5. The molecule has 2 aromatic carbocycles. The summed E-state index contributed by atoms with van der Waals surface area (Å²) >= 11 is 0. The number of aliphatic imine (C=N–C) groups is 1. The van der Waals surface area contributed by atoms with Crippen LogP contribution in [0.1, 0.15) is 36.9 Å². The first-order valence-corrected chi connectivity index (χ1v) is 10.6. The summed E-state index contributed by atoms with van der Waals surface area (Å²) in [5.74, 6) is 2.41. The second kappa shape index (κ2) is 10.7. The summed E-state index contributed by atoms with van der Waals surface area (Å²) in [7, 11) is 5.03. The molecular formula is C24H32N4O3. The normalized spacial score (nSPS) is 14.1. The molecular weight excluding hydrogens is 392 g/mol. The third kappa shape index (κ3) is 5.48. The molecule has 0 fully saturated rings. The van der Waals surface area contributed by atoms with Gasteiger partial charge in [-0.3, -0.25) is 9.79 Å². The van der Waals surface area contributed by atoms with Gasteiger partial charge in [0.05, 0.1) is 20.3 Å². The van der Waals surface area contributed by atoms with Gasteiger partial charge in [0.1, 0.15) is 11.5 Å². The van der Waals surface area contributed by atoms with Crippen LogP contribution in [0.25, 0.3) is 0 Å². The highest BCUT2D eigenvalue weighted by molar-refractivity contribution is 5.95. The zero-order valence-electron chi connectivity index (χ0n) is 18.8. The van der Waals surface area contributed by atoms with Gasteiger partial charge in [0, 0.05) is 37.8 Å². The summed E-state index contributed by atoms with van der Waals surface area (Å²) < 4.78 is 10.8. The van der Waals surface area contributed by atoms with E-state index in [4.69, 9.17) is 9.47 Å². The Hall–Kier alpha value is -3.22. The molecule has 1 aliphatic heterocycles. The molecule has 0 radical (unpaired) electrons.